The Morgan fingerprint density at radius 1 is 1.00 bits per heavy atom. The topological polar surface area (TPSA) is 90.6 Å². The molecule has 3 N–H and O–H groups in total. The first-order chi connectivity index (χ1) is 9.96. The van der Waals surface area contributed by atoms with Crippen LogP contribution < -0.4 is 19.9 Å². The molecule has 112 valence electrons. The van der Waals surface area contributed by atoms with E-state index in [2.05, 4.69) is 4.72 Å². The van der Waals surface area contributed by atoms with Gasteiger partial charge >= 0.3 is 0 Å². The highest BCUT2D eigenvalue weighted by Crippen LogP contribution is 2.26. The Hall–Kier alpha value is -2.41. The summed E-state index contributed by atoms with van der Waals surface area (Å²) in [6, 6.07) is 11.0. The van der Waals surface area contributed by atoms with Crippen LogP contribution in [0.25, 0.3) is 0 Å². The van der Waals surface area contributed by atoms with Crippen molar-refractivity contribution in [2.45, 2.75) is 4.90 Å². The molecule has 2 rings (SSSR count). The molecule has 0 heterocycles. The number of nitrogens with two attached hydrogens (primary N) is 1. The Morgan fingerprint density at radius 2 is 1.67 bits per heavy atom. The molecule has 0 fully saturated rings. The van der Waals surface area contributed by atoms with Crippen molar-refractivity contribution in [3.63, 3.8) is 0 Å². The third kappa shape index (κ3) is 3.38. The lowest BCUT2D eigenvalue weighted by molar-refractivity contribution is 0.414. The summed E-state index contributed by atoms with van der Waals surface area (Å²) in [7, 11) is -0.787. The molecule has 0 amide bonds. The number of hydrogen-bond donors (Lipinski definition) is 2. The number of anilines is 2. The fourth-order valence-corrected chi connectivity index (χ4v) is 2.96. The highest BCUT2D eigenvalue weighted by Gasteiger charge is 2.18. The summed E-state index contributed by atoms with van der Waals surface area (Å²) < 4.78 is 37.2. The number of methoxy groups -OCH3 is 2. The van der Waals surface area contributed by atoms with Crippen LogP contribution >= 0.6 is 0 Å². The lowest BCUT2D eigenvalue weighted by Gasteiger charge is -2.11. The first-order valence-corrected chi connectivity index (χ1v) is 7.55. The summed E-state index contributed by atoms with van der Waals surface area (Å²) in [6.45, 7) is 0. The maximum Gasteiger partial charge on any atom is 0.263 e. The largest absolute Gasteiger partial charge is 0.497 e. The minimum Gasteiger partial charge on any atom is -0.497 e. The van der Waals surface area contributed by atoms with Crippen LogP contribution in [0.15, 0.2) is 47.4 Å². The third-order valence-electron chi connectivity index (χ3n) is 2.83. The Balaban J connectivity index is 2.33. The molecule has 0 spiro atoms. The van der Waals surface area contributed by atoms with E-state index in [1.807, 2.05) is 0 Å². The zero-order valence-corrected chi connectivity index (χ0v) is 12.5. The average Bonchev–Trinajstić information content (AvgIpc) is 2.46. The molecule has 0 aliphatic heterocycles. The monoisotopic (exact) mass is 308 g/mol. The summed E-state index contributed by atoms with van der Waals surface area (Å²) in [4.78, 5) is -0.00822. The maximum atomic E-state index is 12.3. The summed E-state index contributed by atoms with van der Waals surface area (Å²) in [6.07, 6.45) is 0. The number of sulfonamides is 1. The van der Waals surface area contributed by atoms with Crippen LogP contribution in [0.3, 0.4) is 0 Å². The van der Waals surface area contributed by atoms with Crippen molar-refractivity contribution in [2.75, 3.05) is 24.7 Å². The summed E-state index contributed by atoms with van der Waals surface area (Å²) in [5.74, 6) is 1.05. The number of benzene rings is 2. The molecule has 7 heteroatoms. The zero-order chi connectivity index (χ0) is 15.5. The van der Waals surface area contributed by atoms with E-state index in [0.29, 0.717) is 17.2 Å². The van der Waals surface area contributed by atoms with Gasteiger partial charge in [-0.05, 0) is 24.3 Å². The highest BCUT2D eigenvalue weighted by molar-refractivity contribution is 7.92. The number of nitrogen functional groups attached to an aromatic ring is 1. The van der Waals surface area contributed by atoms with Gasteiger partial charge in [0, 0.05) is 12.1 Å². The summed E-state index contributed by atoms with van der Waals surface area (Å²) in [5.41, 5.74) is 6.28. The van der Waals surface area contributed by atoms with Gasteiger partial charge in [0.15, 0.2) is 0 Å². The molecule has 6 nitrogen and oxygen atoms in total. The van der Waals surface area contributed by atoms with Gasteiger partial charge in [-0.1, -0.05) is 6.07 Å². The number of ether oxygens (including phenoxy) is 2. The Bertz CT molecular complexity index is 744. The number of nitrogens with one attached hydrogen (secondary N) is 1. The minimum absolute atomic E-state index is 0.00822. The fourth-order valence-electron chi connectivity index (χ4n) is 1.79. The van der Waals surface area contributed by atoms with Gasteiger partial charge in [0.2, 0.25) is 0 Å². The second-order valence-electron chi connectivity index (χ2n) is 4.24. The van der Waals surface area contributed by atoms with Gasteiger partial charge in [0.05, 0.1) is 25.6 Å². The van der Waals surface area contributed by atoms with Crippen molar-refractivity contribution in [3.05, 3.63) is 42.5 Å². The lowest BCUT2D eigenvalue weighted by Crippen LogP contribution is -2.14. The lowest BCUT2D eigenvalue weighted by atomic mass is 10.3. The molecule has 2 aromatic rings. The Kier molecular flexibility index (Phi) is 4.23. The van der Waals surface area contributed by atoms with E-state index in [1.165, 1.54) is 32.4 Å². The summed E-state index contributed by atoms with van der Waals surface area (Å²) >= 11 is 0. The van der Waals surface area contributed by atoms with E-state index >= 15 is 0 Å². The smallest absolute Gasteiger partial charge is 0.263 e. The quantitative estimate of drug-likeness (QED) is 0.825. The normalized spacial score (nSPS) is 11.0. The molecule has 0 bridgehead atoms. The molecule has 0 unspecified atom stereocenters. The van der Waals surface area contributed by atoms with Gasteiger partial charge in [-0.2, -0.15) is 0 Å². The molecule has 0 saturated carbocycles. The second-order valence-corrected chi connectivity index (χ2v) is 5.89. The van der Waals surface area contributed by atoms with Crippen LogP contribution in [0.2, 0.25) is 0 Å². The van der Waals surface area contributed by atoms with E-state index in [1.54, 1.807) is 24.3 Å². The van der Waals surface area contributed by atoms with Crippen molar-refractivity contribution in [1.29, 1.82) is 0 Å². The Labute approximate surface area is 123 Å². The minimum atomic E-state index is -3.78. The number of hydrogen-bond acceptors (Lipinski definition) is 5. The SMILES string of the molecule is COc1cccc(NS(=O)(=O)c2ccc(OC)cc2N)c1. The third-order valence-corrected chi connectivity index (χ3v) is 4.28. The van der Waals surface area contributed by atoms with Crippen molar-refractivity contribution in [2.24, 2.45) is 0 Å². The molecular weight excluding hydrogens is 292 g/mol. The molecule has 0 radical (unpaired) electrons. The first-order valence-electron chi connectivity index (χ1n) is 6.06. The van der Waals surface area contributed by atoms with Gasteiger partial charge in [-0.3, -0.25) is 4.72 Å². The molecule has 21 heavy (non-hydrogen) atoms. The van der Waals surface area contributed by atoms with Gasteiger partial charge in [-0.25, -0.2) is 8.42 Å². The molecule has 0 aromatic heterocycles. The highest BCUT2D eigenvalue weighted by atomic mass is 32.2. The Morgan fingerprint density at radius 3 is 2.29 bits per heavy atom. The second kappa shape index (κ2) is 5.92. The van der Waals surface area contributed by atoms with Gasteiger partial charge < -0.3 is 15.2 Å². The molecule has 0 saturated heterocycles. The maximum absolute atomic E-state index is 12.3. The van der Waals surface area contributed by atoms with Crippen molar-refractivity contribution >= 4 is 21.4 Å². The van der Waals surface area contributed by atoms with Crippen molar-refractivity contribution in [1.82, 2.24) is 0 Å². The van der Waals surface area contributed by atoms with Crippen LogP contribution in [0.1, 0.15) is 0 Å². The van der Waals surface area contributed by atoms with E-state index in [4.69, 9.17) is 15.2 Å². The molecule has 0 aliphatic rings. The predicted molar refractivity (Wildman–Crippen MR) is 81.2 cm³/mol. The van der Waals surface area contributed by atoms with E-state index in [-0.39, 0.29) is 10.6 Å². The first kappa shape index (κ1) is 15.0. The average molecular weight is 308 g/mol. The molecular formula is C14H16N2O4S. The standard InChI is InChI=1S/C14H16N2O4S/c1-19-11-5-3-4-10(8-11)16-21(17,18)14-7-6-12(20-2)9-13(14)15/h3-9,16H,15H2,1-2H3. The van der Waals surface area contributed by atoms with Crippen LogP contribution in [-0.2, 0) is 10.0 Å². The van der Waals surface area contributed by atoms with E-state index < -0.39 is 10.0 Å². The molecule has 0 aliphatic carbocycles. The molecule has 2 aromatic carbocycles. The van der Waals surface area contributed by atoms with Gasteiger partial charge in [0.1, 0.15) is 16.4 Å². The van der Waals surface area contributed by atoms with Crippen molar-refractivity contribution in [3.8, 4) is 11.5 Å². The summed E-state index contributed by atoms with van der Waals surface area (Å²) in [5, 5.41) is 0. The van der Waals surface area contributed by atoms with E-state index in [9.17, 15) is 8.42 Å². The zero-order valence-electron chi connectivity index (χ0n) is 11.7. The van der Waals surface area contributed by atoms with Gasteiger partial charge in [-0.15, -0.1) is 0 Å². The van der Waals surface area contributed by atoms with Crippen LogP contribution in [0.5, 0.6) is 11.5 Å². The predicted octanol–water partition coefficient (Wildman–Crippen LogP) is 2.09. The van der Waals surface area contributed by atoms with E-state index in [0.717, 1.165) is 0 Å². The van der Waals surface area contributed by atoms with Crippen LogP contribution in [-0.4, -0.2) is 22.6 Å². The molecule has 0 atom stereocenters. The van der Waals surface area contributed by atoms with Crippen molar-refractivity contribution < 1.29 is 17.9 Å². The fraction of sp³-hybridized carbons (Fsp3) is 0.143. The van der Waals surface area contributed by atoms with Gasteiger partial charge in [0.25, 0.3) is 10.0 Å². The van der Waals surface area contributed by atoms with Crippen LogP contribution in [0.4, 0.5) is 11.4 Å². The van der Waals surface area contributed by atoms with Crippen LogP contribution in [0, 0.1) is 0 Å². The number of rotatable bonds is 5.